The molecule has 156 valence electrons. The van der Waals surface area contributed by atoms with Gasteiger partial charge in [-0.25, -0.2) is 8.42 Å². The molecule has 1 amide bonds. The van der Waals surface area contributed by atoms with Crippen LogP contribution >= 0.6 is 23.2 Å². The van der Waals surface area contributed by atoms with Crippen LogP contribution in [0.25, 0.3) is 0 Å². The first kappa shape index (κ1) is 23.2. The van der Waals surface area contributed by atoms with E-state index in [2.05, 4.69) is 10.0 Å². The van der Waals surface area contributed by atoms with E-state index in [4.69, 9.17) is 27.9 Å². The Morgan fingerprint density at radius 3 is 2.28 bits per heavy atom. The summed E-state index contributed by atoms with van der Waals surface area (Å²) in [6, 6.07) is 9.30. The van der Waals surface area contributed by atoms with E-state index in [1.54, 1.807) is 0 Å². The molecular formula is C19H20Cl2N2O5S. The van der Waals surface area contributed by atoms with Crippen molar-refractivity contribution in [3.05, 3.63) is 57.6 Å². The fourth-order valence-electron chi connectivity index (χ4n) is 2.41. The van der Waals surface area contributed by atoms with Crippen molar-refractivity contribution in [1.82, 2.24) is 4.72 Å². The highest BCUT2D eigenvalue weighted by atomic mass is 35.5. The summed E-state index contributed by atoms with van der Waals surface area (Å²) in [5.41, 5.74) is 2.37. The van der Waals surface area contributed by atoms with Crippen LogP contribution in [-0.2, 0) is 24.3 Å². The highest BCUT2D eigenvalue weighted by Crippen LogP contribution is 2.24. The van der Waals surface area contributed by atoms with Crippen LogP contribution in [0.5, 0.6) is 0 Å². The number of ether oxygens (including phenoxy) is 1. The number of hydrogen-bond donors (Lipinski definition) is 2. The van der Waals surface area contributed by atoms with Crippen LogP contribution in [0.15, 0.2) is 41.3 Å². The molecule has 2 aromatic carbocycles. The van der Waals surface area contributed by atoms with Gasteiger partial charge in [0.05, 0.1) is 14.9 Å². The first-order valence-corrected chi connectivity index (χ1v) is 10.8. The van der Waals surface area contributed by atoms with Gasteiger partial charge in [0.25, 0.3) is 5.91 Å². The van der Waals surface area contributed by atoms with Gasteiger partial charge in [-0.05, 0) is 50.1 Å². The van der Waals surface area contributed by atoms with E-state index in [1.165, 1.54) is 19.1 Å². The Labute approximate surface area is 179 Å². The molecule has 0 heterocycles. The van der Waals surface area contributed by atoms with E-state index in [-0.39, 0.29) is 14.9 Å². The molecule has 2 aromatic rings. The van der Waals surface area contributed by atoms with Gasteiger partial charge in [0.2, 0.25) is 10.0 Å². The van der Waals surface area contributed by atoms with Crippen LogP contribution in [0.4, 0.5) is 5.69 Å². The third-order valence-corrected chi connectivity index (χ3v) is 6.15. The number of carbonyl (C=O) groups is 2. The lowest BCUT2D eigenvalue weighted by Gasteiger charge is -2.16. The number of benzene rings is 2. The summed E-state index contributed by atoms with van der Waals surface area (Å²) in [6.07, 6.45) is -1.11. The van der Waals surface area contributed by atoms with E-state index in [1.807, 2.05) is 32.0 Å². The highest BCUT2D eigenvalue weighted by Gasteiger charge is 2.22. The van der Waals surface area contributed by atoms with Gasteiger partial charge < -0.3 is 10.1 Å². The third kappa shape index (κ3) is 6.17. The van der Waals surface area contributed by atoms with E-state index in [0.29, 0.717) is 5.69 Å². The number of anilines is 1. The number of aryl methyl sites for hydroxylation is 2. The Balaban J connectivity index is 1.94. The second-order valence-corrected chi connectivity index (χ2v) is 8.87. The van der Waals surface area contributed by atoms with E-state index >= 15 is 0 Å². The molecule has 0 aliphatic carbocycles. The summed E-state index contributed by atoms with van der Waals surface area (Å²) in [7, 11) is -4.00. The first-order valence-electron chi connectivity index (χ1n) is 8.52. The van der Waals surface area contributed by atoms with Crippen molar-refractivity contribution in [2.24, 2.45) is 0 Å². The monoisotopic (exact) mass is 458 g/mol. The average Bonchev–Trinajstić information content (AvgIpc) is 2.65. The van der Waals surface area contributed by atoms with Crippen LogP contribution in [-0.4, -0.2) is 32.9 Å². The summed E-state index contributed by atoms with van der Waals surface area (Å²) in [5, 5.41) is 2.98. The minimum Gasteiger partial charge on any atom is -0.452 e. The van der Waals surface area contributed by atoms with Gasteiger partial charge in [-0.15, -0.1) is 0 Å². The molecular weight excluding hydrogens is 439 g/mol. The lowest BCUT2D eigenvalue weighted by Crippen LogP contribution is -2.36. The maximum Gasteiger partial charge on any atom is 0.321 e. The number of carbonyl (C=O) groups excluding carboxylic acids is 2. The van der Waals surface area contributed by atoms with Gasteiger partial charge in [-0.1, -0.05) is 41.4 Å². The number of amides is 1. The fraction of sp³-hybridized carbons (Fsp3) is 0.263. The molecule has 0 fully saturated rings. The number of para-hydroxylation sites is 1. The Bertz CT molecular complexity index is 1020. The second kappa shape index (κ2) is 9.58. The second-order valence-electron chi connectivity index (χ2n) is 6.29. The van der Waals surface area contributed by atoms with Crippen LogP contribution in [0.3, 0.4) is 0 Å². The van der Waals surface area contributed by atoms with Gasteiger partial charge in [0, 0.05) is 5.69 Å². The van der Waals surface area contributed by atoms with Crippen molar-refractivity contribution < 1.29 is 22.7 Å². The number of rotatable bonds is 7. The molecule has 0 spiro atoms. The van der Waals surface area contributed by atoms with Crippen molar-refractivity contribution in [3.63, 3.8) is 0 Å². The molecule has 0 saturated carbocycles. The summed E-state index contributed by atoms with van der Waals surface area (Å²) >= 11 is 11.6. The van der Waals surface area contributed by atoms with Crippen LogP contribution in [0, 0.1) is 13.8 Å². The molecule has 1 atom stereocenters. The predicted octanol–water partition coefficient (Wildman–Crippen LogP) is 3.46. The molecule has 2 rings (SSSR count). The van der Waals surface area contributed by atoms with Gasteiger partial charge in [0.1, 0.15) is 6.54 Å². The molecule has 0 aliphatic rings. The minimum atomic E-state index is -4.00. The number of sulfonamides is 1. The molecule has 10 heteroatoms. The fourth-order valence-corrected chi connectivity index (χ4v) is 3.77. The molecule has 0 saturated heterocycles. The Morgan fingerprint density at radius 1 is 1.07 bits per heavy atom. The van der Waals surface area contributed by atoms with Crippen LogP contribution in [0.2, 0.25) is 10.0 Å². The van der Waals surface area contributed by atoms with Crippen LogP contribution < -0.4 is 10.0 Å². The lowest BCUT2D eigenvalue weighted by molar-refractivity contribution is -0.151. The molecule has 0 aliphatic heterocycles. The topological polar surface area (TPSA) is 102 Å². The highest BCUT2D eigenvalue weighted by molar-refractivity contribution is 7.89. The maximum atomic E-state index is 12.3. The maximum absolute atomic E-state index is 12.3. The molecule has 0 aromatic heterocycles. The normalized spacial score (nSPS) is 12.3. The molecule has 29 heavy (non-hydrogen) atoms. The van der Waals surface area contributed by atoms with Crippen LogP contribution in [0.1, 0.15) is 18.1 Å². The minimum absolute atomic E-state index is 0.0638. The van der Waals surface area contributed by atoms with Crippen molar-refractivity contribution in [2.75, 3.05) is 11.9 Å². The van der Waals surface area contributed by atoms with Gasteiger partial charge in [-0.3, -0.25) is 9.59 Å². The summed E-state index contributed by atoms with van der Waals surface area (Å²) in [4.78, 5) is 24.1. The lowest BCUT2D eigenvalue weighted by atomic mass is 10.1. The van der Waals surface area contributed by atoms with E-state index in [0.717, 1.165) is 17.2 Å². The van der Waals surface area contributed by atoms with Gasteiger partial charge in [0.15, 0.2) is 6.10 Å². The molecule has 7 nitrogen and oxygen atoms in total. The zero-order valence-electron chi connectivity index (χ0n) is 16.0. The SMILES string of the molecule is Cc1cccc(C)c1NC(=O)C(C)OC(=O)CNS(=O)(=O)c1ccc(Cl)c(Cl)c1. The molecule has 2 N–H and O–H groups in total. The predicted molar refractivity (Wildman–Crippen MR) is 112 cm³/mol. The largest absolute Gasteiger partial charge is 0.452 e. The zero-order chi connectivity index (χ0) is 21.8. The molecule has 1 unspecified atom stereocenters. The summed E-state index contributed by atoms with van der Waals surface area (Å²) in [6.45, 7) is 4.44. The number of halogens is 2. The van der Waals surface area contributed by atoms with Crippen molar-refractivity contribution in [2.45, 2.75) is 31.8 Å². The third-order valence-electron chi connectivity index (χ3n) is 4.01. The number of nitrogens with one attached hydrogen (secondary N) is 2. The average molecular weight is 459 g/mol. The van der Waals surface area contributed by atoms with Crippen molar-refractivity contribution >= 4 is 50.8 Å². The van der Waals surface area contributed by atoms with Gasteiger partial charge >= 0.3 is 5.97 Å². The molecule has 0 radical (unpaired) electrons. The summed E-state index contributed by atoms with van der Waals surface area (Å²) < 4.78 is 31.6. The Morgan fingerprint density at radius 2 is 1.69 bits per heavy atom. The Hall–Kier alpha value is -2.13. The standard InChI is InChI=1S/C19H20Cl2N2O5S/c1-11-5-4-6-12(2)18(11)23-19(25)13(3)28-17(24)10-22-29(26,27)14-7-8-15(20)16(21)9-14/h4-9,13,22H,10H2,1-3H3,(H,23,25). The zero-order valence-corrected chi connectivity index (χ0v) is 18.3. The summed E-state index contributed by atoms with van der Waals surface area (Å²) in [5.74, 6) is -1.43. The van der Waals surface area contributed by atoms with Gasteiger partial charge in [-0.2, -0.15) is 4.72 Å². The van der Waals surface area contributed by atoms with E-state index in [9.17, 15) is 18.0 Å². The number of hydrogen-bond acceptors (Lipinski definition) is 5. The van der Waals surface area contributed by atoms with Crippen molar-refractivity contribution in [1.29, 1.82) is 0 Å². The number of esters is 1. The Kier molecular flexibility index (Phi) is 7.65. The van der Waals surface area contributed by atoms with Crippen molar-refractivity contribution in [3.8, 4) is 0 Å². The first-order chi connectivity index (χ1) is 13.5. The quantitative estimate of drug-likeness (QED) is 0.618. The smallest absolute Gasteiger partial charge is 0.321 e. The van der Waals surface area contributed by atoms with E-state index < -0.39 is 34.5 Å². The molecule has 0 bridgehead atoms.